The molecule has 1 aromatic heterocycles. The van der Waals surface area contributed by atoms with E-state index in [1.807, 2.05) is 56.3 Å². The zero-order chi connectivity index (χ0) is 17.6. The minimum atomic E-state index is -0.177. The molecule has 0 aliphatic heterocycles. The Labute approximate surface area is 145 Å². The van der Waals surface area contributed by atoms with Crippen LogP contribution in [0.5, 0.6) is 5.75 Å². The molecule has 0 atom stereocenters. The number of aromatic nitrogens is 2. The van der Waals surface area contributed by atoms with Crippen LogP contribution in [-0.4, -0.2) is 29.2 Å². The lowest BCUT2D eigenvalue weighted by Crippen LogP contribution is -2.28. The third-order valence-corrected chi connectivity index (χ3v) is 3.66. The number of nitrogens with one attached hydrogen (secondary N) is 1. The van der Waals surface area contributed by atoms with Crippen molar-refractivity contribution in [2.45, 2.75) is 13.8 Å². The summed E-state index contributed by atoms with van der Waals surface area (Å²) >= 11 is 0. The van der Waals surface area contributed by atoms with E-state index in [0.29, 0.717) is 29.6 Å². The molecule has 0 unspecified atom stereocenters. The highest BCUT2D eigenvalue weighted by Crippen LogP contribution is 2.30. The second-order valence-electron chi connectivity index (χ2n) is 5.48. The third-order valence-electron chi connectivity index (χ3n) is 3.66. The molecule has 0 spiro atoms. The van der Waals surface area contributed by atoms with Crippen molar-refractivity contribution >= 4 is 5.91 Å². The highest BCUT2D eigenvalue weighted by atomic mass is 16.5. The molecule has 6 nitrogen and oxygen atoms in total. The zero-order valence-corrected chi connectivity index (χ0v) is 14.2. The number of carbonyl (C=O) groups excluding carboxylic acids is 1. The zero-order valence-electron chi connectivity index (χ0n) is 14.2. The maximum absolute atomic E-state index is 11.6. The van der Waals surface area contributed by atoms with Crippen molar-refractivity contribution in [2.24, 2.45) is 0 Å². The van der Waals surface area contributed by atoms with Gasteiger partial charge in [0.1, 0.15) is 5.75 Å². The van der Waals surface area contributed by atoms with Gasteiger partial charge in [-0.05, 0) is 31.5 Å². The standard InChI is InChI=1S/C19H19N3O3/c1-3-20-17(23)12-24-16-11-7-6-10-15(16)19-21-18(22-25-19)14-9-5-4-8-13(14)2/h4-11H,3,12H2,1-2H3,(H,20,23). The van der Waals surface area contributed by atoms with Crippen LogP contribution in [0.1, 0.15) is 12.5 Å². The van der Waals surface area contributed by atoms with Crippen LogP contribution in [0.15, 0.2) is 53.1 Å². The van der Waals surface area contributed by atoms with Gasteiger partial charge in [0.05, 0.1) is 5.56 Å². The Bertz CT molecular complexity index is 874. The first kappa shape index (κ1) is 16.7. The molecule has 1 heterocycles. The molecule has 0 bridgehead atoms. The van der Waals surface area contributed by atoms with Gasteiger partial charge in [0.2, 0.25) is 5.82 Å². The molecule has 128 valence electrons. The van der Waals surface area contributed by atoms with Crippen molar-refractivity contribution in [1.82, 2.24) is 15.5 Å². The van der Waals surface area contributed by atoms with E-state index in [9.17, 15) is 4.79 Å². The van der Waals surface area contributed by atoms with Crippen molar-refractivity contribution in [2.75, 3.05) is 13.2 Å². The molecule has 0 fully saturated rings. The van der Waals surface area contributed by atoms with Crippen LogP contribution in [0.25, 0.3) is 22.8 Å². The molecule has 3 rings (SSSR count). The first-order chi connectivity index (χ1) is 12.2. The molecule has 0 saturated heterocycles. The maximum Gasteiger partial charge on any atom is 0.262 e. The monoisotopic (exact) mass is 337 g/mol. The lowest BCUT2D eigenvalue weighted by Gasteiger charge is -2.08. The number of likely N-dealkylation sites (N-methyl/N-ethyl adjacent to an activating group) is 1. The average molecular weight is 337 g/mol. The highest BCUT2D eigenvalue weighted by molar-refractivity contribution is 5.77. The van der Waals surface area contributed by atoms with Gasteiger partial charge in [0.15, 0.2) is 6.61 Å². The van der Waals surface area contributed by atoms with Gasteiger partial charge in [-0.15, -0.1) is 0 Å². The Morgan fingerprint density at radius 1 is 1.12 bits per heavy atom. The van der Waals surface area contributed by atoms with Gasteiger partial charge in [-0.2, -0.15) is 4.98 Å². The van der Waals surface area contributed by atoms with E-state index in [1.54, 1.807) is 6.07 Å². The minimum absolute atomic E-state index is 0.0658. The van der Waals surface area contributed by atoms with Crippen molar-refractivity contribution in [3.63, 3.8) is 0 Å². The summed E-state index contributed by atoms with van der Waals surface area (Å²) in [7, 11) is 0. The van der Waals surface area contributed by atoms with Gasteiger partial charge in [0, 0.05) is 12.1 Å². The van der Waals surface area contributed by atoms with Crippen LogP contribution in [-0.2, 0) is 4.79 Å². The first-order valence-corrected chi connectivity index (χ1v) is 8.07. The molecule has 0 radical (unpaired) electrons. The van der Waals surface area contributed by atoms with Gasteiger partial charge in [-0.1, -0.05) is 41.6 Å². The molecular weight excluding hydrogens is 318 g/mol. The molecule has 0 aliphatic rings. The van der Waals surface area contributed by atoms with Gasteiger partial charge in [0.25, 0.3) is 11.8 Å². The number of carbonyl (C=O) groups is 1. The summed E-state index contributed by atoms with van der Waals surface area (Å²) in [5, 5.41) is 6.76. The summed E-state index contributed by atoms with van der Waals surface area (Å²) in [5.74, 6) is 1.22. The molecule has 0 saturated carbocycles. The van der Waals surface area contributed by atoms with Crippen LogP contribution in [0.2, 0.25) is 0 Å². The molecule has 1 amide bonds. The van der Waals surface area contributed by atoms with Gasteiger partial charge in [-0.25, -0.2) is 0 Å². The third kappa shape index (κ3) is 3.85. The van der Waals surface area contributed by atoms with E-state index in [4.69, 9.17) is 9.26 Å². The Balaban J connectivity index is 1.86. The Kier molecular flexibility index (Phi) is 5.09. The van der Waals surface area contributed by atoms with Crippen molar-refractivity contribution < 1.29 is 14.1 Å². The number of hydrogen-bond acceptors (Lipinski definition) is 5. The van der Waals surface area contributed by atoms with Crippen LogP contribution in [0.3, 0.4) is 0 Å². The summed E-state index contributed by atoms with van der Waals surface area (Å²) in [5.41, 5.74) is 2.63. The number of benzene rings is 2. The van der Waals surface area contributed by atoms with Crippen molar-refractivity contribution in [3.8, 4) is 28.6 Å². The SMILES string of the molecule is CCNC(=O)COc1ccccc1-c1nc(-c2ccccc2C)no1. The van der Waals surface area contributed by atoms with E-state index in [0.717, 1.165) is 11.1 Å². The summed E-state index contributed by atoms with van der Waals surface area (Å²) in [6, 6.07) is 15.1. The number of amides is 1. The first-order valence-electron chi connectivity index (χ1n) is 8.07. The van der Waals surface area contributed by atoms with E-state index >= 15 is 0 Å². The molecule has 2 aromatic carbocycles. The lowest BCUT2D eigenvalue weighted by atomic mass is 10.1. The van der Waals surface area contributed by atoms with E-state index in [1.165, 1.54) is 0 Å². The second-order valence-corrected chi connectivity index (χ2v) is 5.48. The summed E-state index contributed by atoms with van der Waals surface area (Å²) in [6.45, 7) is 4.35. The van der Waals surface area contributed by atoms with Gasteiger partial charge >= 0.3 is 0 Å². The second kappa shape index (κ2) is 7.61. The largest absolute Gasteiger partial charge is 0.483 e. The highest BCUT2D eigenvalue weighted by Gasteiger charge is 2.16. The number of rotatable bonds is 6. The molecule has 0 aliphatic carbocycles. The predicted molar refractivity (Wildman–Crippen MR) is 94.1 cm³/mol. The summed E-state index contributed by atoms with van der Waals surface area (Å²) in [4.78, 5) is 16.1. The van der Waals surface area contributed by atoms with Crippen molar-refractivity contribution in [3.05, 3.63) is 54.1 Å². The normalized spacial score (nSPS) is 10.5. The fourth-order valence-electron chi connectivity index (χ4n) is 2.43. The molecule has 3 aromatic rings. The van der Waals surface area contributed by atoms with Crippen LogP contribution in [0.4, 0.5) is 0 Å². The molecule has 6 heteroatoms. The van der Waals surface area contributed by atoms with E-state index < -0.39 is 0 Å². The maximum atomic E-state index is 11.6. The van der Waals surface area contributed by atoms with E-state index in [-0.39, 0.29) is 12.5 Å². The van der Waals surface area contributed by atoms with Gasteiger partial charge in [-0.3, -0.25) is 4.79 Å². The van der Waals surface area contributed by atoms with Crippen LogP contribution >= 0.6 is 0 Å². The van der Waals surface area contributed by atoms with Crippen molar-refractivity contribution in [1.29, 1.82) is 0 Å². The predicted octanol–water partition coefficient (Wildman–Crippen LogP) is 3.23. The molecular formula is C19H19N3O3. The van der Waals surface area contributed by atoms with Gasteiger partial charge < -0.3 is 14.6 Å². The quantitative estimate of drug-likeness (QED) is 0.747. The summed E-state index contributed by atoms with van der Waals surface area (Å²) < 4.78 is 11.0. The Morgan fingerprint density at radius 2 is 1.84 bits per heavy atom. The fraction of sp³-hybridized carbons (Fsp3) is 0.211. The number of ether oxygens (including phenoxy) is 1. The smallest absolute Gasteiger partial charge is 0.262 e. The Hall–Kier alpha value is -3.15. The molecule has 25 heavy (non-hydrogen) atoms. The van der Waals surface area contributed by atoms with Crippen LogP contribution < -0.4 is 10.1 Å². The fourth-order valence-corrected chi connectivity index (χ4v) is 2.43. The number of hydrogen-bond donors (Lipinski definition) is 1. The number of para-hydroxylation sites is 1. The number of aryl methyl sites for hydroxylation is 1. The summed E-state index contributed by atoms with van der Waals surface area (Å²) in [6.07, 6.45) is 0. The van der Waals surface area contributed by atoms with Crippen LogP contribution in [0, 0.1) is 6.92 Å². The number of nitrogens with zero attached hydrogens (tertiary/aromatic N) is 2. The topological polar surface area (TPSA) is 77.2 Å². The molecule has 1 N–H and O–H groups in total. The Morgan fingerprint density at radius 3 is 2.60 bits per heavy atom. The minimum Gasteiger partial charge on any atom is -0.483 e. The lowest BCUT2D eigenvalue weighted by molar-refractivity contribution is -0.122. The van der Waals surface area contributed by atoms with E-state index in [2.05, 4.69) is 15.5 Å². The average Bonchev–Trinajstić information content (AvgIpc) is 3.10.